The Morgan fingerprint density at radius 3 is 1.71 bits per heavy atom. The van der Waals surface area contributed by atoms with Crippen LogP contribution in [-0.4, -0.2) is 4.57 Å². The highest BCUT2D eigenvalue weighted by Gasteiger charge is 2.19. The van der Waals surface area contributed by atoms with Crippen molar-refractivity contribution in [2.75, 3.05) is 4.90 Å². The van der Waals surface area contributed by atoms with Gasteiger partial charge in [0.1, 0.15) is 0 Å². The normalized spacial score (nSPS) is 11.3. The van der Waals surface area contributed by atoms with Gasteiger partial charge in [0.15, 0.2) is 0 Å². The molecule has 8 aromatic carbocycles. The number of fused-ring (bicyclic) bond motifs is 4. The molecule has 1 heterocycles. The average Bonchev–Trinajstić information content (AvgIpc) is 3.50. The smallest absolute Gasteiger partial charge is 0.0562 e. The van der Waals surface area contributed by atoms with E-state index in [9.17, 15) is 0 Å². The summed E-state index contributed by atoms with van der Waals surface area (Å²) in [5.41, 5.74) is 11.8. The van der Waals surface area contributed by atoms with Gasteiger partial charge >= 0.3 is 0 Å². The summed E-state index contributed by atoms with van der Waals surface area (Å²) in [5.74, 6) is 0. The van der Waals surface area contributed by atoms with Crippen molar-refractivity contribution < 1.29 is 0 Å². The van der Waals surface area contributed by atoms with Gasteiger partial charge in [-0.15, -0.1) is 0 Å². The summed E-state index contributed by atoms with van der Waals surface area (Å²) in [7, 11) is 0. The molecule has 0 atom stereocenters. The number of hydrogen-bond acceptors (Lipinski definition) is 1. The lowest BCUT2D eigenvalue weighted by atomic mass is 9.99. The van der Waals surface area contributed by atoms with Gasteiger partial charge in [0, 0.05) is 33.5 Å². The van der Waals surface area contributed by atoms with E-state index in [1.807, 2.05) is 0 Å². The largest absolute Gasteiger partial charge is 0.310 e. The molecule has 0 aliphatic heterocycles. The third-order valence-corrected chi connectivity index (χ3v) is 9.34. The van der Waals surface area contributed by atoms with Crippen LogP contribution in [0.4, 0.5) is 17.1 Å². The van der Waals surface area contributed by atoms with E-state index < -0.39 is 0 Å². The first-order valence-corrected chi connectivity index (χ1v) is 16.4. The van der Waals surface area contributed by atoms with Gasteiger partial charge in [-0.05, 0) is 93.7 Å². The number of nitrogens with zero attached hydrogens (tertiary/aromatic N) is 2. The minimum Gasteiger partial charge on any atom is -0.310 e. The summed E-state index contributed by atoms with van der Waals surface area (Å²) in [4.78, 5) is 2.37. The van der Waals surface area contributed by atoms with E-state index in [1.165, 1.54) is 54.8 Å². The van der Waals surface area contributed by atoms with Crippen molar-refractivity contribution in [2.45, 2.75) is 0 Å². The van der Waals surface area contributed by atoms with Gasteiger partial charge in [0.05, 0.1) is 11.0 Å². The molecule has 0 aliphatic carbocycles. The van der Waals surface area contributed by atoms with Crippen LogP contribution in [0.3, 0.4) is 0 Å². The zero-order chi connectivity index (χ0) is 31.9. The molecule has 0 saturated heterocycles. The Kier molecular flexibility index (Phi) is 6.84. The molecule has 2 heteroatoms. The van der Waals surface area contributed by atoms with Crippen LogP contribution in [0, 0.1) is 0 Å². The first-order chi connectivity index (χ1) is 23.8. The number of anilines is 3. The van der Waals surface area contributed by atoms with Crippen molar-refractivity contribution in [3.63, 3.8) is 0 Å². The van der Waals surface area contributed by atoms with Gasteiger partial charge in [-0.1, -0.05) is 133 Å². The molecule has 0 aliphatic rings. The van der Waals surface area contributed by atoms with Crippen molar-refractivity contribution in [2.24, 2.45) is 0 Å². The van der Waals surface area contributed by atoms with E-state index in [1.54, 1.807) is 0 Å². The molecule has 48 heavy (non-hydrogen) atoms. The third-order valence-electron chi connectivity index (χ3n) is 9.34. The van der Waals surface area contributed by atoms with Gasteiger partial charge in [-0.3, -0.25) is 0 Å². The van der Waals surface area contributed by atoms with Crippen molar-refractivity contribution in [1.29, 1.82) is 0 Å². The Labute approximate surface area is 280 Å². The number of aromatic nitrogens is 1. The minimum atomic E-state index is 1.11. The Morgan fingerprint density at radius 1 is 0.354 bits per heavy atom. The second-order valence-corrected chi connectivity index (χ2v) is 12.2. The van der Waals surface area contributed by atoms with E-state index >= 15 is 0 Å². The van der Waals surface area contributed by atoms with E-state index in [2.05, 4.69) is 204 Å². The highest BCUT2D eigenvalue weighted by molar-refractivity contribution is 6.16. The fraction of sp³-hybridized carbons (Fsp3) is 0. The Bertz CT molecular complexity index is 2530. The highest BCUT2D eigenvalue weighted by atomic mass is 15.1. The second-order valence-electron chi connectivity index (χ2n) is 12.2. The van der Waals surface area contributed by atoms with Crippen LogP contribution in [0.15, 0.2) is 194 Å². The zero-order valence-corrected chi connectivity index (χ0v) is 26.4. The molecule has 0 N–H and O–H groups in total. The number of hydrogen-bond donors (Lipinski definition) is 0. The van der Waals surface area contributed by atoms with Crippen LogP contribution in [0.1, 0.15) is 0 Å². The molecule has 0 bridgehead atoms. The zero-order valence-electron chi connectivity index (χ0n) is 26.4. The Morgan fingerprint density at radius 2 is 0.958 bits per heavy atom. The van der Waals surface area contributed by atoms with Gasteiger partial charge < -0.3 is 9.47 Å². The molecule has 226 valence electrons. The minimum absolute atomic E-state index is 1.11. The number of rotatable bonds is 6. The predicted molar refractivity (Wildman–Crippen MR) is 204 cm³/mol. The van der Waals surface area contributed by atoms with E-state index in [0.717, 1.165) is 22.7 Å². The second kappa shape index (κ2) is 11.8. The first kappa shape index (κ1) is 27.9. The summed E-state index contributed by atoms with van der Waals surface area (Å²) in [5, 5.41) is 4.93. The molecule has 0 unspecified atom stereocenters. The van der Waals surface area contributed by atoms with Gasteiger partial charge in [0.2, 0.25) is 0 Å². The van der Waals surface area contributed by atoms with Crippen molar-refractivity contribution >= 4 is 49.6 Å². The maximum absolute atomic E-state index is 2.41. The van der Waals surface area contributed by atoms with Crippen molar-refractivity contribution in [3.05, 3.63) is 194 Å². The van der Waals surface area contributed by atoms with Gasteiger partial charge in [-0.2, -0.15) is 0 Å². The fourth-order valence-electron chi connectivity index (χ4n) is 7.11. The summed E-state index contributed by atoms with van der Waals surface area (Å²) in [6.45, 7) is 0. The van der Waals surface area contributed by atoms with Crippen LogP contribution in [0.2, 0.25) is 0 Å². The predicted octanol–water partition coefficient (Wildman–Crippen LogP) is 12.7. The molecule has 9 rings (SSSR count). The first-order valence-electron chi connectivity index (χ1n) is 16.4. The average molecular weight is 613 g/mol. The molecular weight excluding hydrogens is 581 g/mol. The van der Waals surface area contributed by atoms with Crippen molar-refractivity contribution in [1.82, 2.24) is 4.57 Å². The molecule has 0 amide bonds. The SMILES string of the molecule is c1ccc(-c2ccc3cc(N(c4ccccc4)c4ccc5c6c(-c7ccccc7)cccc6n(-c6ccccc6)c5c4)ccc3c2)cc1. The molecule has 2 nitrogen and oxygen atoms in total. The van der Waals surface area contributed by atoms with Crippen LogP contribution < -0.4 is 4.90 Å². The molecule has 0 spiro atoms. The number of benzene rings is 8. The van der Waals surface area contributed by atoms with Crippen LogP contribution in [0.25, 0.3) is 60.5 Å². The quantitative estimate of drug-likeness (QED) is 0.181. The van der Waals surface area contributed by atoms with Crippen LogP contribution in [0.5, 0.6) is 0 Å². The summed E-state index contributed by atoms with van der Waals surface area (Å²) >= 11 is 0. The monoisotopic (exact) mass is 612 g/mol. The molecule has 0 radical (unpaired) electrons. The lowest BCUT2D eigenvalue weighted by Crippen LogP contribution is -2.10. The van der Waals surface area contributed by atoms with Gasteiger partial charge in [-0.25, -0.2) is 0 Å². The maximum Gasteiger partial charge on any atom is 0.0562 e. The lowest BCUT2D eigenvalue weighted by molar-refractivity contribution is 1.18. The molecule has 0 fully saturated rings. The fourth-order valence-corrected chi connectivity index (χ4v) is 7.11. The van der Waals surface area contributed by atoms with Crippen LogP contribution in [-0.2, 0) is 0 Å². The summed E-state index contributed by atoms with van der Waals surface area (Å²) < 4.78 is 2.41. The molecule has 1 aromatic heterocycles. The summed E-state index contributed by atoms with van der Waals surface area (Å²) in [6, 6.07) is 69.9. The Balaban J connectivity index is 1.26. The topological polar surface area (TPSA) is 8.17 Å². The number of para-hydroxylation sites is 2. The van der Waals surface area contributed by atoms with E-state index in [-0.39, 0.29) is 0 Å². The third kappa shape index (κ3) is 4.83. The lowest BCUT2D eigenvalue weighted by Gasteiger charge is -2.26. The highest BCUT2D eigenvalue weighted by Crippen LogP contribution is 2.43. The maximum atomic E-state index is 2.41. The van der Waals surface area contributed by atoms with Crippen molar-refractivity contribution in [3.8, 4) is 27.9 Å². The summed E-state index contributed by atoms with van der Waals surface area (Å²) in [6.07, 6.45) is 0. The van der Waals surface area contributed by atoms with Gasteiger partial charge in [0.25, 0.3) is 0 Å². The van der Waals surface area contributed by atoms with E-state index in [4.69, 9.17) is 0 Å². The Hall–Kier alpha value is -6.38. The standard InChI is InChI=1S/C46H32N2/c1-5-14-33(15-6-1)35-24-25-37-31-40(27-26-36(37)30-35)47(38-18-9-3-10-19-38)41-28-29-43-45(32-41)48(39-20-11-4-12-21-39)44-23-13-22-42(46(43)44)34-16-7-2-8-17-34/h1-32H. The molecule has 9 aromatic rings. The molecule has 0 saturated carbocycles. The van der Waals surface area contributed by atoms with Crippen LogP contribution >= 0.6 is 0 Å². The van der Waals surface area contributed by atoms with E-state index in [0.29, 0.717) is 0 Å². The molecular formula is C46H32N2.